The summed E-state index contributed by atoms with van der Waals surface area (Å²) in [5, 5.41) is 0. The standard InChI is InChI=1S/C16H17F2NO2/c1-9-7-13(11(3)21-9)16(20)19(4)10(2)12-5-6-14(17)15(18)8-12/h5-8,10H,1-4H3. The van der Waals surface area contributed by atoms with Crippen LogP contribution in [0.25, 0.3) is 0 Å². The lowest BCUT2D eigenvalue weighted by atomic mass is 10.1. The molecule has 0 N–H and O–H groups in total. The van der Waals surface area contributed by atoms with Crippen LogP contribution in [0.1, 0.15) is 40.4 Å². The maximum absolute atomic E-state index is 13.3. The maximum Gasteiger partial charge on any atom is 0.257 e. The normalized spacial score (nSPS) is 12.3. The number of hydrogen-bond donors (Lipinski definition) is 0. The van der Waals surface area contributed by atoms with Crippen molar-refractivity contribution in [2.45, 2.75) is 26.8 Å². The fraction of sp³-hybridized carbons (Fsp3) is 0.312. The summed E-state index contributed by atoms with van der Waals surface area (Å²) in [6.45, 7) is 5.24. The average Bonchev–Trinajstić information content (AvgIpc) is 2.78. The number of carbonyl (C=O) groups is 1. The number of carbonyl (C=O) groups excluding carboxylic acids is 1. The fourth-order valence-corrected chi connectivity index (χ4v) is 2.20. The molecule has 0 radical (unpaired) electrons. The van der Waals surface area contributed by atoms with Gasteiger partial charge in [-0.3, -0.25) is 4.79 Å². The van der Waals surface area contributed by atoms with Crippen molar-refractivity contribution in [1.82, 2.24) is 4.90 Å². The quantitative estimate of drug-likeness (QED) is 0.856. The minimum absolute atomic E-state index is 0.221. The van der Waals surface area contributed by atoms with Crippen LogP contribution in [0.3, 0.4) is 0 Å². The Balaban J connectivity index is 2.26. The summed E-state index contributed by atoms with van der Waals surface area (Å²) in [6.07, 6.45) is 0. The van der Waals surface area contributed by atoms with Crippen LogP contribution in [0.2, 0.25) is 0 Å². The lowest BCUT2D eigenvalue weighted by Crippen LogP contribution is -2.29. The van der Waals surface area contributed by atoms with Gasteiger partial charge in [-0.1, -0.05) is 6.07 Å². The van der Waals surface area contributed by atoms with E-state index in [1.807, 2.05) is 0 Å². The number of furan rings is 1. The molecule has 0 aliphatic rings. The lowest BCUT2D eigenvalue weighted by molar-refractivity contribution is 0.0740. The minimum Gasteiger partial charge on any atom is -0.466 e. The van der Waals surface area contributed by atoms with Gasteiger partial charge in [0.2, 0.25) is 0 Å². The van der Waals surface area contributed by atoms with Crippen molar-refractivity contribution in [3.05, 3.63) is 58.5 Å². The highest BCUT2D eigenvalue weighted by Crippen LogP contribution is 2.24. The second-order valence-electron chi connectivity index (χ2n) is 5.09. The third-order valence-corrected chi connectivity index (χ3v) is 3.60. The van der Waals surface area contributed by atoms with Crippen LogP contribution in [0, 0.1) is 25.5 Å². The van der Waals surface area contributed by atoms with Crippen LogP contribution in [0.4, 0.5) is 8.78 Å². The van der Waals surface area contributed by atoms with Crippen molar-refractivity contribution < 1.29 is 18.0 Å². The van der Waals surface area contributed by atoms with E-state index >= 15 is 0 Å². The van der Waals surface area contributed by atoms with Gasteiger partial charge in [0.1, 0.15) is 11.5 Å². The lowest BCUT2D eigenvalue weighted by Gasteiger charge is -2.25. The summed E-state index contributed by atoms with van der Waals surface area (Å²) >= 11 is 0. The molecular weight excluding hydrogens is 276 g/mol. The highest BCUT2D eigenvalue weighted by Gasteiger charge is 2.23. The number of hydrogen-bond acceptors (Lipinski definition) is 2. The van der Waals surface area contributed by atoms with E-state index in [2.05, 4.69) is 0 Å². The van der Waals surface area contributed by atoms with E-state index in [1.165, 1.54) is 11.0 Å². The van der Waals surface area contributed by atoms with Crippen molar-refractivity contribution in [1.29, 1.82) is 0 Å². The Labute approximate surface area is 122 Å². The number of amides is 1. The van der Waals surface area contributed by atoms with Crippen LogP contribution in [-0.2, 0) is 0 Å². The molecule has 21 heavy (non-hydrogen) atoms. The van der Waals surface area contributed by atoms with Gasteiger partial charge >= 0.3 is 0 Å². The summed E-state index contributed by atoms with van der Waals surface area (Å²) in [7, 11) is 1.62. The molecule has 0 aliphatic carbocycles. The van der Waals surface area contributed by atoms with Crippen LogP contribution < -0.4 is 0 Å². The van der Waals surface area contributed by atoms with Crippen molar-refractivity contribution in [2.75, 3.05) is 7.05 Å². The van der Waals surface area contributed by atoms with Gasteiger partial charge in [0, 0.05) is 7.05 Å². The molecule has 1 unspecified atom stereocenters. The molecule has 0 aliphatic heterocycles. The van der Waals surface area contributed by atoms with Crippen molar-refractivity contribution in [2.24, 2.45) is 0 Å². The van der Waals surface area contributed by atoms with Crippen LogP contribution in [0.15, 0.2) is 28.7 Å². The van der Waals surface area contributed by atoms with Gasteiger partial charge in [-0.15, -0.1) is 0 Å². The zero-order valence-electron chi connectivity index (χ0n) is 12.4. The molecule has 112 valence electrons. The maximum atomic E-state index is 13.3. The van der Waals surface area contributed by atoms with E-state index in [0.717, 1.165) is 12.1 Å². The van der Waals surface area contributed by atoms with E-state index < -0.39 is 11.6 Å². The number of rotatable bonds is 3. The first-order valence-corrected chi connectivity index (χ1v) is 6.60. The van der Waals surface area contributed by atoms with Crippen molar-refractivity contribution in [3.8, 4) is 0 Å². The number of aryl methyl sites for hydroxylation is 2. The second kappa shape index (κ2) is 5.68. The number of benzene rings is 1. The topological polar surface area (TPSA) is 33.5 Å². The summed E-state index contributed by atoms with van der Waals surface area (Å²) in [4.78, 5) is 13.9. The smallest absolute Gasteiger partial charge is 0.257 e. The van der Waals surface area contributed by atoms with Gasteiger partial charge < -0.3 is 9.32 Å². The van der Waals surface area contributed by atoms with E-state index in [9.17, 15) is 13.6 Å². The average molecular weight is 293 g/mol. The molecule has 1 atom stereocenters. The predicted octanol–water partition coefficient (Wildman–Crippen LogP) is 4.01. The Bertz CT molecular complexity index is 679. The van der Waals surface area contributed by atoms with Gasteiger partial charge in [0.05, 0.1) is 11.6 Å². The predicted molar refractivity (Wildman–Crippen MR) is 75.0 cm³/mol. The summed E-state index contributed by atoms with van der Waals surface area (Å²) < 4.78 is 31.6. The minimum atomic E-state index is -0.921. The first kappa shape index (κ1) is 15.2. The summed E-state index contributed by atoms with van der Waals surface area (Å²) in [5.74, 6) is -0.843. The van der Waals surface area contributed by atoms with Gasteiger partial charge in [-0.25, -0.2) is 8.78 Å². The first-order chi connectivity index (χ1) is 9.81. The molecule has 3 nitrogen and oxygen atoms in total. The Morgan fingerprint density at radius 3 is 2.38 bits per heavy atom. The van der Waals surface area contributed by atoms with E-state index in [-0.39, 0.29) is 11.9 Å². The number of halogens is 2. The van der Waals surface area contributed by atoms with E-state index in [1.54, 1.807) is 33.9 Å². The van der Waals surface area contributed by atoms with E-state index in [4.69, 9.17) is 4.42 Å². The van der Waals surface area contributed by atoms with Crippen LogP contribution >= 0.6 is 0 Å². The zero-order chi connectivity index (χ0) is 15.7. The molecule has 1 aromatic heterocycles. The molecule has 1 amide bonds. The molecule has 0 bridgehead atoms. The molecule has 0 saturated heterocycles. The molecule has 2 aromatic rings. The highest BCUT2D eigenvalue weighted by molar-refractivity contribution is 5.95. The third kappa shape index (κ3) is 2.96. The molecule has 5 heteroatoms. The van der Waals surface area contributed by atoms with E-state index in [0.29, 0.717) is 22.6 Å². The number of nitrogens with zero attached hydrogens (tertiary/aromatic N) is 1. The molecule has 0 spiro atoms. The molecular formula is C16H17F2NO2. The summed E-state index contributed by atoms with van der Waals surface area (Å²) in [5.41, 5.74) is 1.01. The first-order valence-electron chi connectivity index (χ1n) is 6.60. The molecule has 0 saturated carbocycles. The van der Waals surface area contributed by atoms with Gasteiger partial charge in [0.15, 0.2) is 11.6 Å². The third-order valence-electron chi connectivity index (χ3n) is 3.60. The molecule has 2 rings (SSSR count). The summed E-state index contributed by atoms with van der Waals surface area (Å²) in [6, 6.07) is 4.93. The Morgan fingerprint density at radius 1 is 1.19 bits per heavy atom. The van der Waals surface area contributed by atoms with Crippen LogP contribution in [-0.4, -0.2) is 17.9 Å². The largest absolute Gasteiger partial charge is 0.466 e. The van der Waals surface area contributed by atoms with Crippen molar-refractivity contribution >= 4 is 5.91 Å². The second-order valence-corrected chi connectivity index (χ2v) is 5.09. The Morgan fingerprint density at radius 2 is 1.86 bits per heavy atom. The molecule has 1 aromatic carbocycles. The zero-order valence-corrected chi connectivity index (χ0v) is 12.4. The SMILES string of the molecule is Cc1cc(C(=O)N(C)C(C)c2ccc(F)c(F)c2)c(C)o1. The molecule has 1 heterocycles. The Hall–Kier alpha value is -2.17. The monoisotopic (exact) mass is 293 g/mol. The Kier molecular flexibility index (Phi) is 4.11. The van der Waals surface area contributed by atoms with Gasteiger partial charge in [-0.2, -0.15) is 0 Å². The van der Waals surface area contributed by atoms with Gasteiger partial charge in [0.25, 0.3) is 5.91 Å². The van der Waals surface area contributed by atoms with Crippen LogP contribution in [0.5, 0.6) is 0 Å². The highest BCUT2D eigenvalue weighted by atomic mass is 19.2. The van der Waals surface area contributed by atoms with Crippen molar-refractivity contribution in [3.63, 3.8) is 0 Å². The molecule has 0 fully saturated rings. The van der Waals surface area contributed by atoms with Gasteiger partial charge in [-0.05, 0) is 44.5 Å². The fourth-order valence-electron chi connectivity index (χ4n) is 2.20.